The molecule has 95 valence electrons. The van der Waals surface area contributed by atoms with E-state index in [9.17, 15) is 0 Å². The van der Waals surface area contributed by atoms with Crippen LogP contribution in [0.25, 0.3) is 0 Å². The van der Waals surface area contributed by atoms with Crippen LogP contribution in [-0.2, 0) is 13.3 Å². The molecule has 1 atom stereocenters. The summed E-state index contributed by atoms with van der Waals surface area (Å²) in [4.78, 5) is 0. The van der Waals surface area contributed by atoms with Crippen LogP contribution in [0.3, 0.4) is 0 Å². The lowest BCUT2D eigenvalue weighted by molar-refractivity contribution is 0.0644. The Bertz CT molecular complexity index is 168. The zero-order valence-corrected chi connectivity index (χ0v) is 11.8. The van der Waals surface area contributed by atoms with Crippen molar-refractivity contribution >= 4 is 8.80 Å². The van der Waals surface area contributed by atoms with Gasteiger partial charge < -0.3 is 13.3 Å². The molecular weight excluding hydrogens is 220 g/mol. The van der Waals surface area contributed by atoms with Crippen molar-refractivity contribution in [2.45, 2.75) is 39.2 Å². The van der Waals surface area contributed by atoms with E-state index in [2.05, 4.69) is 13.5 Å². The Hall–Kier alpha value is -0.163. The maximum absolute atomic E-state index is 5.81. The maximum atomic E-state index is 5.81. The molecule has 4 heteroatoms. The highest BCUT2D eigenvalue weighted by Crippen LogP contribution is 2.31. The van der Waals surface area contributed by atoms with Gasteiger partial charge in [-0.3, -0.25) is 0 Å². The summed E-state index contributed by atoms with van der Waals surface area (Å²) >= 11 is 0. The average molecular weight is 245 g/mol. The highest BCUT2D eigenvalue weighted by molar-refractivity contribution is 6.63. The van der Waals surface area contributed by atoms with E-state index >= 15 is 0 Å². The normalized spacial score (nSPS) is 13.8. The summed E-state index contributed by atoms with van der Waals surface area (Å²) in [5.41, 5.74) is 0.143. The van der Waals surface area contributed by atoms with Crippen molar-refractivity contribution in [1.82, 2.24) is 0 Å². The number of hydrogen-bond donors (Lipinski definition) is 0. The average Bonchev–Trinajstić information content (AvgIpc) is 2.26. The van der Waals surface area contributed by atoms with Crippen molar-refractivity contribution in [2.75, 3.05) is 19.8 Å². The van der Waals surface area contributed by atoms with Crippen LogP contribution in [0.15, 0.2) is 12.7 Å². The van der Waals surface area contributed by atoms with Gasteiger partial charge in [-0.2, -0.15) is 0 Å². The Morgan fingerprint density at radius 1 is 1.06 bits per heavy atom. The van der Waals surface area contributed by atoms with Crippen LogP contribution >= 0.6 is 0 Å². The van der Waals surface area contributed by atoms with E-state index in [-0.39, 0.29) is 5.54 Å². The fraction of sp³-hybridized carbons (Fsp3) is 0.750. The van der Waals surface area contributed by atoms with E-state index in [1.807, 2.05) is 26.8 Å². The van der Waals surface area contributed by atoms with E-state index in [0.717, 1.165) is 12.8 Å². The van der Waals surface area contributed by atoms with Gasteiger partial charge in [0.1, 0.15) is 0 Å². The van der Waals surface area contributed by atoms with Gasteiger partial charge in [0.25, 0.3) is 0 Å². The molecule has 0 amide bonds. The largest absolute Gasteiger partial charge is 0.508 e. The minimum atomic E-state index is -2.60. The van der Waals surface area contributed by atoms with Crippen LogP contribution in [0.4, 0.5) is 0 Å². The van der Waals surface area contributed by atoms with Gasteiger partial charge >= 0.3 is 8.80 Å². The zero-order valence-electron chi connectivity index (χ0n) is 10.8. The molecule has 0 aromatic rings. The number of rotatable bonds is 10. The first kappa shape index (κ1) is 15.8. The van der Waals surface area contributed by atoms with Crippen molar-refractivity contribution in [3.63, 3.8) is 0 Å². The van der Waals surface area contributed by atoms with Gasteiger partial charge in [0, 0.05) is 25.4 Å². The standard InChI is InChI=1S/C12H25O3Si/c1-6-11-12(7-2)16(13-8-3,14-9-4)15-10-5/h7,12H,1-2,6,8-11H2,3-5H3. The smallest absolute Gasteiger partial charge is 0.373 e. The fourth-order valence-corrected chi connectivity index (χ4v) is 4.65. The predicted octanol–water partition coefficient (Wildman–Crippen LogP) is 3.21. The van der Waals surface area contributed by atoms with E-state index < -0.39 is 8.80 Å². The predicted molar refractivity (Wildman–Crippen MR) is 69.2 cm³/mol. The molecule has 0 spiro atoms. The summed E-state index contributed by atoms with van der Waals surface area (Å²) in [6.07, 6.45) is 3.62. The van der Waals surface area contributed by atoms with Gasteiger partial charge in [-0.25, -0.2) is 0 Å². The van der Waals surface area contributed by atoms with E-state index in [4.69, 9.17) is 13.3 Å². The lowest BCUT2D eigenvalue weighted by Gasteiger charge is -2.33. The monoisotopic (exact) mass is 245 g/mol. The van der Waals surface area contributed by atoms with Crippen molar-refractivity contribution in [3.05, 3.63) is 19.6 Å². The van der Waals surface area contributed by atoms with Gasteiger partial charge in [0.15, 0.2) is 0 Å². The minimum Gasteiger partial charge on any atom is -0.373 e. The second-order valence-corrected chi connectivity index (χ2v) is 6.20. The lowest BCUT2D eigenvalue weighted by Crippen LogP contribution is -2.49. The summed E-state index contributed by atoms with van der Waals surface area (Å²) in [5.74, 6) is 0. The van der Waals surface area contributed by atoms with Crippen molar-refractivity contribution in [1.29, 1.82) is 0 Å². The molecule has 0 aliphatic carbocycles. The Morgan fingerprint density at radius 3 is 1.75 bits per heavy atom. The van der Waals surface area contributed by atoms with Crippen LogP contribution in [0.5, 0.6) is 0 Å². The molecule has 1 unspecified atom stereocenters. The summed E-state index contributed by atoms with van der Waals surface area (Å²) in [5, 5.41) is 0. The molecule has 0 heterocycles. The first-order valence-corrected chi connectivity index (χ1v) is 7.84. The third-order valence-corrected chi connectivity index (χ3v) is 5.80. The molecule has 0 aromatic carbocycles. The van der Waals surface area contributed by atoms with E-state index in [1.165, 1.54) is 0 Å². The first-order chi connectivity index (χ1) is 7.70. The Labute approximate surface area is 101 Å². The maximum Gasteiger partial charge on any atom is 0.508 e. The summed E-state index contributed by atoms with van der Waals surface area (Å²) < 4.78 is 17.4. The minimum absolute atomic E-state index is 0.143. The van der Waals surface area contributed by atoms with Crippen LogP contribution in [-0.4, -0.2) is 28.6 Å². The second-order valence-electron chi connectivity index (χ2n) is 3.39. The third kappa shape index (κ3) is 4.37. The van der Waals surface area contributed by atoms with Gasteiger partial charge in [-0.1, -0.05) is 19.4 Å². The van der Waals surface area contributed by atoms with Crippen molar-refractivity contribution in [2.24, 2.45) is 0 Å². The van der Waals surface area contributed by atoms with Gasteiger partial charge in [0.05, 0.1) is 0 Å². The quantitative estimate of drug-likeness (QED) is 0.437. The Morgan fingerprint density at radius 2 is 1.50 bits per heavy atom. The molecule has 0 aliphatic heterocycles. The molecular formula is C12H25O3Si. The van der Waals surface area contributed by atoms with Crippen LogP contribution in [0.1, 0.15) is 33.6 Å². The third-order valence-electron chi connectivity index (χ3n) is 2.29. The van der Waals surface area contributed by atoms with Crippen molar-refractivity contribution < 1.29 is 13.3 Å². The van der Waals surface area contributed by atoms with Gasteiger partial charge in [-0.15, -0.1) is 6.58 Å². The molecule has 16 heavy (non-hydrogen) atoms. The SMILES string of the molecule is [CH2]CCC(C=C)[Si](OCC)(OCC)OCC. The fourth-order valence-electron chi connectivity index (χ4n) is 1.71. The highest BCUT2D eigenvalue weighted by atomic mass is 28.4. The molecule has 0 bridgehead atoms. The molecule has 0 aromatic heterocycles. The lowest BCUT2D eigenvalue weighted by atomic mass is 10.2. The number of allylic oxidation sites excluding steroid dienone is 1. The second kappa shape index (κ2) is 8.93. The van der Waals surface area contributed by atoms with E-state index in [1.54, 1.807) is 0 Å². The molecule has 0 rings (SSSR count). The number of hydrogen-bond acceptors (Lipinski definition) is 3. The molecule has 0 N–H and O–H groups in total. The Kier molecular flexibility index (Phi) is 8.84. The first-order valence-electron chi connectivity index (χ1n) is 6.04. The van der Waals surface area contributed by atoms with Gasteiger partial charge in [0.2, 0.25) is 0 Å². The summed E-state index contributed by atoms with van der Waals surface area (Å²) in [6.45, 7) is 15.4. The zero-order chi connectivity index (χ0) is 12.4. The molecule has 0 saturated heterocycles. The highest BCUT2D eigenvalue weighted by Gasteiger charge is 2.47. The topological polar surface area (TPSA) is 27.7 Å². The van der Waals surface area contributed by atoms with Crippen LogP contribution in [0.2, 0.25) is 5.54 Å². The molecule has 0 fully saturated rings. The molecule has 3 nitrogen and oxygen atoms in total. The van der Waals surface area contributed by atoms with Crippen LogP contribution < -0.4 is 0 Å². The van der Waals surface area contributed by atoms with E-state index in [0.29, 0.717) is 19.8 Å². The summed E-state index contributed by atoms with van der Waals surface area (Å²) in [7, 11) is -2.60. The Balaban J connectivity index is 4.85. The van der Waals surface area contributed by atoms with Crippen LogP contribution in [0, 0.1) is 6.92 Å². The van der Waals surface area contributed by atoms with Crippen molar-refractivity contribution in [3.8, 4) is 0 Å². The molecule has 0 saturated carbocycles. The molecule has 1 radical (unpaired) electrons. The molecule has 0 aliphatic rings. The van der Waals surface area contributed by atoms with Gasteiger partial charge in [-0.05, 0) is 27.2 Å². The summed E-state index contributed by atoms with van der Waals surface area (Å²) in [6, 6.07) is 0.